The predicted molar refractivity (Wildman–Crippen MR) is 96.5 cm³/mol. The highest BCUT2D eigenvalue weighted by atomic mass is 35.5. The fraction of sp³-hybridized carbons (Fsp3) is 0.111. The maximum Gasteiger partial charge on any atom is 0.336 e. The van der Waals surface area contributed by atoms with Gasteiger partial charge in [0.2, 0.25) is 0 Å². The number of benzene rings is 2. The molecule has 2 N–H and O–H groups in total. The molecule has 0 bridgehead atoms. The number of fused-ring (bicyclic) bond motifs is 1. The van der Waals surface area contributed by atoms with Crippen molar-refractivity contribution in [2.45, 2.75) is 0 Å². The molecule has 1 aromatic heterocycles. The molecule has 2 aromatic carbocycles. The molecule has 0 unspecified atom stereocenters. The van der Waals surface area contributed by atoms with Crippen LogP contribution in [0.1, 0.15) is 10.4 Å². The number of carbonyl (C=O) groups is 1. The third-order valence-corrected chi connectivity index (χ3v) is 3.98. The summed E-state index contributed by atoms with van der Waals surface area (Å²) < 4.78 is 10.5. The summed E-state index contributed by atoms with van der Waals surface area (Å²) in [7, 11) is 3.03. The molecule has 0 atom stereocenters. The molecule has 25 heavy (non-hydrogen) atoms. The van der Waals surface area contributed by atoms with Crippen LogP contribution < -0.4 is 14.8 Å². The first-order chi connectivity index (χ1) is 12.0. The van der Waals surface area contributed by atoms with Gasteiger partial charge in [0.25, 0.3) is 0 Å². The van der Waals surface area contributed by atoms with Gasteiger partial charge in [0.15, 0.2) is 0 Å². The van der Waals surface area contributed by atoms with Crippen molar-refractivity contribution < 1.29 is 19.4 Å². The van der Waals surface area contributed by atoms with E-state index in [0.717, 1.165) is 0 Å². The van der Waals surface area contributed by atoms with Crippen molar-refractivity contribution in [1.29, 1.82) is 0 Å². The molecule has 0 fully saturated rings. The van der Waals surface area contributed by atoms with Crippen molar-refractivity contribution >= 4 is 40.0 Å². The molecule has 0 saturated heterocycles. The lowest BCUT2D eigenvalue weighted by Crippen LogP contribution is -2.03. The van der Waals surface area contributed by atoms with E-state index in [4.69, 9.17) is 21.1 Å². The maximum atomic E-state index is 11.6. The summed E-state index contributed by atoms with van der Waals surface area (Å²) in [6.45, 7) is 0. The van der Waals surface area contributed by atoms with Crippen molar-refractivity contribution in [2.75, 3.05) is 19.5 Å². The molecule has 0 aliphatic carbocycles. The van der Waals surface area contributed by atoms with Crippen LogP contribution in [0.25, 0.3) is 10.9 Å². The molecule has 0 aliphatic rings. The van der Waals surface area contributed by atoms with Crippen LogP contribution in [0.5, 0.6) is 11.5 Å². The molecule has 0 saturated carbocycles. The molecular formula is C18H15ClN2O4. The van der Waals surface area contributed by atoms with Gasteiger partial charge in [0.05, 0.1) is 36.0 Å². The second kappa shape index (κ2) is 6.86. The van der Waals surface area contributed by atoms with Gasteiger partial charge in [0, 0.05) is 11.5 Å². The standard InChI is InChI=1S/C18H15ClN2O4/c1-24-15-9-16(25-2)14(8-12(15)19)21-17-7-11(18(22)23)10-5-3-4-6-13(10)20-17/h3-9H,1-2H3,(H,20,21)(H,22,23). The van der Waals surface area contributed by atoms with Crippen LogP contribution in [0.4, 0.5) is 11.5 Å². The van der Waals surface area contributed by atoms with Gasteiger partial charge in [-0.25, -0.2) is 9.78 Å². The smallest absolute Gasteiger partial charge is 0.336 e. The summed E-state index contributed by atoms with van der Waals surface area (Å²) in [5, 5.41) is 13.5. The number of ether oxygens (including phenoxy) is 2. The third kappa shape index (κ3) is 3.29. The molecule has 3 aromatic rings. The van der Waals surface area contributed by atoms with E-state index in [1.54, 1.807) is 36.4 Å². The quantitative estimate of drug-likeness (QED) is 0.705. The molecule has 0 spiro atoms. The number of carboxylic acids is 1. The monoisotopic (exact) mass is 358 g/mol. The lowest BCUT2D eigenvalue weighted by atomic mass is 10.1. The Morgan fingerprint density at radius 3 is 2.52 bits per heavy atom. The highest BCUT2D eigenvalue weighted by Crippen LogP contribution is 2.37. The number of aromatic carboxylic acids is 1. The molecule has 3 rings (SSSR count). The first-order valence-corrected chi connectivity index (χ1v) is 7.73. The van der Waals surface area contributed by atoms with Crippen molar-refractivity contribution in [3.8, 4) is 11.5 Å². The minimum atomic E-state index is -1.03. The molecule has 6 nitrogen and oxygen atoms in total. The average molecular weight is 359 g/mol. The van der Waals surface area contributed by atoms with Gasteiger partial charge in [-0.05, 0) is 18.2 Å². The Morgan fingerprint density at radius 2 is 1.84 bits per heavy atom. The van der Waals surface area contributed by atoms with Crippen molar-refractivity contribution in [3.05, 3.63) is 53.1 Å². The lowest BCUT2D eigenvalue weighted by molar-refractivity contribution is 0.0699. The number of pyridine rings is 1. The first kappa shape index (κ1) is 16.9. The Kier molecular flexibility index (Phi) is 4.63. The number of rotatable bonds is 5. The maximum absolute atomic E-state index is 11.6. The largest absolute Gasteiger partial charge is 0.495 e. The van der Waals surface area contributed by atoms with E-state index in [2.05, 4.69) is 10.3 Å². The Balaban J connectivity index is 2.09. The number of hydrogen-bond donors (Lipinski definition) is 2. The van der Waals surface area contributed by atoms with E-state index in [0.29, 0.717) is 38.9 Å². The SMILES string of the molecule is COc1cc(OC)c(Nc2cc(C(=O)O)c3ccccc3n2)cc1Cl. The highest BCUT2D eigenvalue weighted by Gasteiger charge is 2.14. The zero-order valence-electron chi connectivity index (χ0n) is 13.5. The van der Waals surface area contributed by atoms with Gasteiger partial charge < -0.3 is 19.9 Å². The zero-order valence-corrected chi connectivity index (χ0v) is 14.3. The Labute approximate surface area is 149 Å². The van der Waals surface area contributed by atoms with Crippen LogP contribution in [0.2, 0.25) is 5.02 Å². The second-order valence-electron chi connectivity index (χ2n) is 5.19. The lowest BCUT2D eigenvalue weighted by Gasteiger charge is -2.14. The first-order valence-electron chi connectivity index (χ1n) is 7.35. The van der Waals surface area contributed by atoms with Gasteiger partial charge in [0.1, 0.15) is 17.3 Å². The summed E-state index contributed by atoms with van der Waals surface area (Å²) in [6, 6.07) is 11.8. The van der Waals surface area contributed by atoms with E-state index in [1.165, 1.54) is 20.3 Å². The Bertz CT molecular complexity index is 959. The number of methoxy groups -OCH3 is 2. The molecule has 7 heteroatoms. The number of para-hydroxylation sites is 1. The van der Waals surface area contributed by atoms with Gasteiger partial charge in [-0.15, -0.1) is 0 Å². The minimum absolute atomic E-state index is 0.159. The fourth-order valence-corrected chi connectivity index (χ4v) is 2.75. The normalized spacial score (nSPS) is 10.5. The minimum Gasteiger partial charge on any atom is -0.495 e. The van der Waals surface area contributed by atoms with E-state index < -0.39 is 5.97 Å². The van der Waals surface area contributed by atoms with Gasteiger partial charge in [-0.1, -0.05) is 29.8 Å². The van der Waals surface area contributed by atoms with Crippen molar-refractivity contribution in [2.24, 2.45) is 0 Å². The van der Waals surface area contributed by atoms with Crippen LogP contribution in [-0.4, -0.2) is 30.3 Å². The predicted octanol–water partition coefficient (Wildman–Crippen LogP) is 4.35. The van der Waals surface area contributed by atoms with Gasteiger partial charge >= 0.3 is 5.97 Å². The van der Waals surface area contributed by atoms with E-state index >= 15 is 0 Å². The molecule has 0 aliphatic heterocycles. The van der Waals surface area contributed by atoms with Crippen LogP contribution in [0, 0.1) is 0 Å². The third-order valence-electron chi connectivity index (χ3n) is 3.68. The topological polar surface area (TPSA) is 80.7 Å². The Hall–Kier alpha value is -2.99. The number of halogens is 1. The number of nitrogens with zero attached hydrogens (tertiary/aromatic N) is 1. The van der Waals surface area contributed by atoms with E-state index in [-0.39, 0.29) is 5.56 Å². The summed E-state index contributed by atoms with van der Waals surface area (Å²) in [4.78, 5) is 16.0. The summed E-state index contributed by atoms with van der Waals surface area (Å²) >= 11 is 6.17. The van der Waals surface area contributed by atoms with Gasteiger partial charge in [-0.2, -0.15) is 0 Å². The number of anilines is 2. The van der Waals surface area contributed by atoms with E-state index in [1.807, 2.05) is 0 Å². The van der Waals surface area contributed by atoms with Crippen LogP contribution in [0.15, 0.2) is 42.5 Å². The van der Waals surface area contributed by atoms with Crippen LogP contribution in [-0.2, 0) is 0 Å². The average Bonchev–Trinajstić information content (AvgIpc) is 2.61. The fourth-order valence-electron chi connectivity index (χ4n) is 2.51. The van der Waals surface area contributed by atoms with Gasteiger partial charge in [-0.3, -0.25) is 0 Å². The molecule has 128 valence electrons. The number of aromatic nitrogens is 1. The molecule has 1 heterocycles. The van der Waals surface area contributed by atoms with Crippen molar-refractivity contribution in [1.82, 2.24) is 4.98 Å². The number of carboxylic acid groups (broad SMARTS) is 1. The number of hydrogen-bond acceptors (Lipinski definition) is 5. The zero-order chi connectivity index (χ0) is 18.0. The molecule has 0 amide bonds. The highest BCUT2D eigenvalue weighted by molar-refractivity contribution is 6.32. The Morgan fingerprint density at radius 1 is 1.12 bits per heavy atom. The number of nitrogens with one attached hydrogen (secondary N) is 1. The van der Waals surface area contributed by atoms with E-state index in [9.17, 15) is 9.90 Å². The summed E-state index contributed by atoms with van der Waals surface area (Å²) in [6.07, 6.45) is 0. The molecular weight excluding hydrogens is 344 g/mol. The summed E-state index contributed by atoms with van der Waals surface area (Å²) in [5.74, 6) is 0.312. The second-order valence-corrected chi connectivity index (χ2v) is 5.60. The van der Waals surface area contributed by atoms with Crippen LogP contribution >= 0.6 is 11.6 Å². The van der Waals surface area contributed by atoms with Crippen molar-refractivity contribution in [3.63, 3.8) is 0 Å². The van der Waals surface area contributed by atoms with Crippen LogP contribution in [0.3, 0.4) is 0 Å². The molecule has 0 radical (unpaired) electrons. The summed E-state index contributed by atoms with van der Waals surface area (Å²) in [5.41, 5.74) is 1.28.